The number of nitrogens with zero attached hydrogens (tertiary/aromatic N) is 5. The van der Waals surface area contributed by atoms with Crippen LogP contribution in [0.4, 0.5) is 0 Å². The summed E-state index contributed by atoms with van der Waals surface area (Å²) in [4.78, 5) is 20.3. The SMILES string of the molecule is CN(CC(=O)N(C)Cc1cccc(-n2cccn2)c1)Cc1ccncc1. The van der Waals surface area contributed by atoms with Gasteiger partial charge in [-0.3, -0.25) is 14.7 Å². The smallest absolute Gasteiger partial charge is 0.236 e. The Kier molecular flexibility index (Phi) is 5.76. The molecule has 26 heavy (non-hydrogen) atoms. The van der Waals surface area contributed by atoms with Gasteiger partial charge in [0.25, 0.3) is 0 Å². The molecule has 1 aromatic carbocycles. The molecule has 0 bridgehead atoms. The molecule has 0 atom stereocenters. The summed E-state index contributed by atoms with van der Waals surface area (Å²) in [6, 6.07) is 13.9. The van der Waals surface area contributed by atoms with Gasteiger partial charge in [-0.05, 0) is 48.5 Å². The van der Waals surface area contributed by atoms with Crippen LogP contribution in [0.5, 0.6) is 0 Å². The fraction of sp³-hybridized carbons (Fsp3) is 0.250. The lowest BCUT2D eigenvalue weighted by atomic mass is 10.2. The van der Waals surface area contributed by atoms with Gasteiger partial charge in [0.1, 0.15) is 0 Å². The van der Waals surface area contributed by atoms with Crippen LogP contribution in [0.25, 0.3) is 5.69 Å². The first-order valence-electron chi connectivity index (χ1n) is 8.52. The first kappa shape index (κ1) is 17.8. The van der Waals surface area contributed by atoms with Crippen molar-refractivity contribution in [3.8, 4) is 5.69 Å². The number of carbonyl (C=O) groups excluding carboxylic acids is 1. The van der Waals surface area contributed by atoms with Gasteiger partial charge in [0.15, 0.2) is 0 Å². The minimum atomic E-state index is 0.0889. The maximum absolute atomic E-state index is 12.5. The number of carbonyl (C=O) groups is 1. The Bertz CT molecular complexity index is 832. The van der Waals surface area contributed by atoms with Gasteiger partial charge < -0.3 is 4.90 Å². The van der Waals surface area contributed by atoms with Crippen molar-refractivity contribution in [3.05, 3.63) is 78.4 Å². The van der Waals surface area contributed by atoms with Crippen LogP contribution in [0.1, 0.15) is 11.1 Å². The molecule has 2 heterocycles. The molecule has 0 saturated heterocycles. The summed E-state index contributed by atoms with van der Waals surface area (Å²) >= 11 is 0. The largest absolute Gasteiger partial charge is 0.340 e. The molecule has 6 heteroatoms. The molecule has 0 spiro atoms. The second-order valence-corrected chi connectivity index (χ2v) is 6.40. The van der Waals surface area contributed by atoms with Gasteiger partial charge in [0.05, 0.1) is 12.2 Å². The molecule has 0 aliphatic rings. The lowest BCUT2D eigenvalue weighted by Crippen LogP contribution is -2.36. The molecule has 0 fully saturated rings. The minimum absolute atomic E-state index is 0.0889. The lowest BCUT2D eigenvalue weighted by Gasteiger charge is -2.22. The number of pyridine rings is 1. The Balaban J connectivity index is 1.56. The van der Waals surface area contributed by atoms with Crippen molar-refractivity contribution < 1.29 is 4.79 Å². The summed E-state index contributed by atoms with van der Waals surface area (Å²) in [7, 11) is 3.79. The van der Waals surface area contributed by atoms with Crippen molar-refractivity contribution in [3.63, 3.8) is 0 Å². The van der Waals surface area contributed by atoms with Crippen LogP contribution < -0.4 is 0 Å². The summed E-state index contributed by atoms with van der Waals surface area (Å²) in [5.41, 5.74) is 3.21. The number of benzene rings is 1. The molecule has 6 nitrogen and oxygen atoms in total. The third kappa shape index (κ3) is 4.77. The second kappa shape index (κ2) is 8.40. The van der Waals surface area contributed by atoms with Crippen molar-refractivity contribution in [2.45, 2.75) is 13.1 Å². The van der Waals surface area contributed by atoms with Gasteiger partial charge in [-0.25, -0.2) is 4.68 Å². The number of amides is 1. The zero-order valence-corrected chi connectivity index (χ0v) is 15.1. The van der Waals surface area contributed by atoms with Gasteiger partial charge in [0, 0.05) is 44.9 Å². The highest BCUT2D eigenvalue weighted by Gasteiger charge is 2.13. The maximum atomic E-state index is 12.5. The Labute approximate surface area is 153 Å². The minimum Gasteiger partial charge on any atom is -0.340 e. The Morgan fingerprint density at radius 2 is 1.81 bits per heavy atom. The van der Waals surface area contributed by atoms with Crippen LogP contribution in [0.2, 0.25) is 0 Å². The van der Waals surface area contributed by atoms with Crippen molar-refractivity contribution in [1.82, 2.24) is 24.6 Å². The molecule has 0 saturated carbocycles. The summed E-state index contributed by atoms with van der Waals surface area (Å²) in [6.45, 7) is 1.66. The summed E-state index contributed by atoms with van der Waals surface area (Å²) in [5.74, 6) is 0.0889. The predicted molar refractivity (Wildman–Crippen MR) is 101 cm³/mol. The van der Waals surface area contributed by atoms with E-state index in [0.29, 0.717) is 13.1 Å². The summed E-state index contributed by atoms with van der Waals surface area (Å²) in [5, 5.41) is 4.25. The fourth-order valence-corrected chi connectivity index (χ4v) is 2.79. The number of hydrogen-bond donors (Lipinski definition) is 0. The van der Waals surface area contributed by atoms with E-state index in [1.165, 1.54) is 0 Å². The first-order chi connectivity index (χ1) is 12.6. The highest BCUT2D eigenvalue weighted by atomic mass is 16.2. The molecule has 1 amide bonds. The zero-order valence-electron chi connectivity index (χ0n) is 15.1. The van der Waals surface area contributed by atoms with Crippen molar-refractivity contribution in [2.75, 3.05) is 20.6 Å². The molecule has 0 unspecified atom stereocenters. The molecule has 0 aliphatic heterocycles. The van der Waals surface area contributed by atoms with Gasteiger partial charge in [-0.1, -0.05) is 12.1 Å². The Hall–Kier alpha value is -2.99. The van der Waals surface area contributed by atoms with Crippen LogP contribution in [0.3, 0.4) is 0 Å². The number of rotatable bonds is 7. The topological polar surface area (TPSA) is 54.3 Å². The highest BCUT2D eigenvalue weighted by Crippen LogP contribution is 2.11. The van der Waals surface area contributed by atoms with E-state index in [1.54, 1.807) is 23.5 Å². The third-order valence-corrected chi connectivity index (χ3v) is 4.13. The van der Waals surface area contributed by atoms with E-state index in [9.17, 15) is 4.79 Å². The maximum Gasteiger partial charge on any atom is 0.236 e. The van der Waals surface area contributed by atoms with Crippen LogP contribution in [0, 0.1) is 0 Å². The van der Waals surface area contributed by atoms with E-state index < -0.39 is 0 Å². The molecule has 0 aliphatic carbocycles. The van der Waals surface area contributed by atoms with Crippen LogP contribution >= 0.6 is 0 Å². The summed E-state index contributed by atoms with van der Waals surface area (Å²) in [6.07, 6.45) is 7.19. The van der Waals surface area contributed by atoms with E-state index >= 15 is 0 Å². The zero-order chi connectivity index (χ0) is 18.4. The van der Waals surface area contributed by atoms with Gasteiger partial charge >= 0.3 is 0 Å². The molecule has 3 aromatic rings. The highest BCUT2D eigenvalue weighted by molar-refractivity contribution is 5.78. The van der Waals surface area contributed by atoms with Crippen LogP contribution in [-0.2, 0) is 17.9 Å². The monoisotopic (exact) mass is 349 g/mol. The van der Waals surface area contributed by atoms with E-state index in [1.807, 2.05) is 66.3 Å². The van der Waals surface area contributed by atoms with Crippen LogP contribution in [-0.4, -0.2) is 51.1 Å². The quantitative estimate of drug-likeness (QED) is 0.657. The molecule has 134 valence electrons. The van der Waals surface area contributed by atoms with Crippen molar-refractivity contribution in [2.24, 2.45) is 0 Å². The van der Waals surface area contributed by atoms with Gasteiger partial charge in [0.2, 0.25) is 5.91 Å². The lowest BCUT2D eigenvalue weighted by molar-refractivity contribution is -0.131. The average molecular weight is 349 g/mol. The average Bonchev–Trinajstić information content (AvgIpc) is 3.17. The molecular weight excluding hydrogens is 326 g/mol. The van der Waals surface area contributed by atoms with E-state index in [2.05, 4.69) is 16.1 Å². The second-order valence-electron chi connectivity index (χ2n) is 6.40. The first-order valence-corrected chi connectivity index (χ1v) is 8.52. The third-order valence-electron chi connectivity index (χ3n) is 4.13. The van der Waals surface area contributed by atoms with E-state index in [4.69, 9.17) is 0 Å². The number of aromatic nitrogens is 3. The Morgan fingerprint density at radius 3 is 2.54 bits per heavy atom. The number of likely N-dealkylation sites (N-methyl/N-ethyl adjacent to an activating group) is 2. The van der Waals surface area contributed by atoms with E-state index in [0.717, 1.165) is 23.4 Å². The van der Waals surface area contributed by atoms with E-state index in [-0.39, 0.29) is 5.91 Å². The van der Waals surface area contributed by atoms with Gasteiger partial charge in [-0.15, -0.1) is 0 Å². The predicted octanol–water partition coefficient (Wildman–Crippen LogP) is 2.36. The van der Waals surface area contributed by atoms with Crippen LogP contribution in [0.15, 0.2) is 67.3 Å². The molecule has 0 radical (unpaired) electrons. The standard InChI is InChI=1S/C20H23N5O/c1-23(14-17-7-10-21-11-8-17)16-20(26)24(2)15-18-5-3-6-19(13-18)25-12-4-9-22-25/h3-13H,14-16H2,1-2H3. The molecule has 3 rings (SSSR count). The Morgan fingerprint density at radius 1 is 1.00 bits per heavy atom. The molecular formula is C20H23N5O. The number of hydrogen-bond acceptors (Lipinski definition) is 4. The normalized spacial score (nSPS) is 10.9. The summed E-state index contributed by atoms with van der Waals surface area (Å²) < 4.78 is 1.81. The van der Waals surface area contributed by atoms with Crippen molar-refractivity contribution in [1.29, 1.82) is 0 Å². The molecule has 2 aromatic heterocycles. The van der Waals surface area contributed by atoms with Crippen molar-refractivity contribution >= 4 is 5.91 Å². The van der Waals surface area contributed by atoms with Gasteiger partial charge in [-0.2, -0.15) is 5.10 Å². The fourth-order valence-electron chi connectivity index (χ4n) is 2.79. The molecule has 0 N–H and O–H groups in total.